The summed E-state index contributed by atoms with van der Waals surface area (Å²) in [6.45, 7) is 1.74. The quantitative estimate of drug-likeness (QED) is 0.538. The summed E-state index contributed by atoms with van der Waals surface area (Å²) in [6, 6.07) is 13.1. The van der Waals surface area contributed by atoms with Gasteiger partial charge in [-0.05, 0) is 23.8 Å². The van der Waals surface area contributed by atoms with Crippen LogP contribution in [0.2, 0.25) is 0 Å². The zero-order valence-corrected chi connectivity index (χ0v) is 14.9. The van der Waals surface area contributed by atoms with Crippen molar-refractivity contribution in [3.63, 3.8) is 0 Å². The van der Waals surface area contributed by atoms with Gasteiger partial charge in [-0.2, -0.15) is 0 Å². The third kappa shape index (κ3) is 4.41. The number of hydrogen-bond acceptors (Lipinski definition) is 5. The Kier molecular flexibility index (Phi) is 6.22. The van der Waals surface area contributed by atoms with Crippen molar-refractivity contribution in [3.05, 3.63) is 63.7 Å². The summed E-state index contributed by atoms with van der Waals surface area (Å²) in [5.74, 6) is 1.67. The van der Waals surface area contributed by atoms with Crippen molar-refractivity contribution >= 4 is 0 Å². The van der Waals surface area contributed by atoms with Gasteiger partial charge in [0.15, 0.2) is 0 Å². The molecule has 25 heavy (non-hydrogen) atoms. The highest BCUT2D eigenvalue weighted by Crippen LogP contribution is 2.39. The van der Waals surface area contributed by atoms with Crippen LogP contribution in [0.15, 0.2) is 42.5 Å². The first-order valence-corrected chi connectivity index (χ1v) is 7.97. The number of nitro groups is 1. The van der Waals surface area contributed by atoms with Crippen LogP contribution >= 0.6 is 0 Å². The van der Waals surface area contributed by atoms with Crippen LogP contribution < -0.4 is 14.2 Å². The molecule has 2 aromatic rings. The second-order valence-corrected chi connectivity index (χ2v) is 5.85. The molecule has 2 rings (SSSR count). The molecule has 0 spiro atoms. The molecule has 0 aliphatic rings. The molecule has 0 saturated heterocycles. The van der Waals surface area contributed by atoms with Crippen molar-refractivity contribution < 1.29 is 19.1 Å². The summed E-state index contributed by atoms with van der Waals surface area (Å²) in [6.07, 6.45) is 0. The lowest BCUT2D eigenvalue weighted by atomic mass is 9.81. The number of ether oxygens (including phenoxy) is 3. The highest BCUT2D eigenvalue weighted by molar-refractivity contribution is 5.47. The van der Waals surface area contributed by atoms with E-state index in [2.05, 4.69) is 0 Å². The third-order valence-electron chi connectivity index (χ3n) is 4.26. The van der Waals surface area contributed by atoms with Gasteiger partial charge in [0.25, 0.3) is 0 Å². The lowest BCUT2D eigenvalue weighted by molar-refractivity contribution is -0.487. The smallest absolute Gasteiger partial charge is 0.207 e. The number of benzene rings is 2. The molecule has 6 heteroatoms. The van der Waals surface area contributed by atoms with Gasteiger partial charge < -0.3 is 14.2 Å². The van der Waals surface area contributed by atoms with Crippen LogP contribution in [-0.2, 0) is 0 Å². The standard InChI is InChI=1S/C19H23NO5/c1-13(12-20(21)22)19(14-5-7-15(23-2)8-6-14)17-10-9-16(24-3)11-18(17)25-4/h5-11,13,19H,12H2,1-4H3/t13-,19-/m0/s1. The van der Waals surface area contributed by atoms with Crippen LogP contribution in [0.25, 0.3) is 0 Å². The highest BCUT2D eigenvalue weighted by Gasteiger charge is 2.28. The predicted octanol–water partition coefficient (Wildman–Crippen LogP) is 3.76. The Hall–Kier alpha value is -2.76. The Morgan fingerprint density at radius 3 is 2.08 bits per heavy atom. The molecular weight excluding hydrogens is 322 g/mol. The SMILES string of the molecule is COc1ccc([C@@H](c2ccc(OC)cc2OC)[C@@H](C)C[N+](=O)[O-])cc1. The molecule has 0 bridgehead atoms. The van der Waals surface area contributed by atoms with Crippen LogP contribution in [0.5, 0.6) is 17.2 Å². The summed E-state index contributed by atoms with van der Waals surface area (Å²) < 4.78 is 16.0. The van der Waals surface area contributed by atoms with Crippen LogP contribution in [0, 0.1) is 16.0 Å². The van der Waals surface area contributed by atoms with E-state index in [-0.39, 0.29) is 23.3 Å². The summed E-state index contributed by atoms with van der Waals surface area (Å²) in [5, 5.41) is 11.1. The van der Waals surface area contributed by atoms with Gasteiger partial charge in [0.1, 0.15) is 17.2 Å². The van der Waals surface area contributed by atoms with Crippen molar-refractivity contribution in [3.8, 4) is 17.2 Å². The van der Waals surface area contributed by atoms with Crippen LogP contribution in [0.3, 0.4) is 0 Å². The molecule has 0 aromatic heterocycles. The monoisotopic (exact) mass is 345 g/mol. The van der Waals surface area contributed by atoms with E-state index in [1.165, 1.54) is 0 Å². The van der Waals surface area contributed by atoms with E-state index in [4.69, 9.17) is 14.2 Å². The molecule has 0 aliphatic heterocycles. The van der Waals surface area contributed by atoms with Crippen LogP contribution in [0.4, 0.5) is 0 Å². The summed E-state index contributed by atoms with van der Waals surface area (Å²) in [7, 11) is 4.78. The first-order chi connectivity index (χ1) is 12.0. The zero-order valence-electron chi connectivity index (χ0n) is 14.9. The molecule has 0 aliphatic carbocycles. The minimum absolute atomic E-state index is 0.133. The van der Waals surface area contributed by atoms with E-state index in [0.717, 1.165) is 16.9 Å². The van der Waals surface area contributed by atoms with Crippen LogP contribution in [0.1, 0.15) is 24.0 Å². The van der Waals surface area contributed by atoms with Crippen molar-refractivity contribution in [2.24, 2.45) is 5.92 Å². The van der Waals surface area contributed by atoms with Gasteiger partial charge >= 0.3 is 0 Å². The van der Waals surface area contributed by atoms with Gasteiger partial charge in [-0.15, -0.1) is 0 Å². The Morgan fingerprint density at radius 2 is 1.56 bits per heavy atom. The summed E-state index contributed by atoms with van der Waals surface area (Å²) >= 11 is 0. The number of methoxy groups -OCH3 is 3. The molecule has 2 aromatic carbocycles. The molecule has 0 fully saturated rings. The van der Waals surface area contributed by atoms with Gasteiger partial charge in [0.05, 0.1) is 21.3 Å². The minimum atomic E-state index is -0.281. The van der Waals surface area contributed by atoms with Gasteiger partial charge in [0.2, 0.25) is 6.54 Å². The van der Waals surface area contributed by atoms with Crippen molar-refractivity contribution in [1.29, 1.82) is 0 Å². The predicted molar refractivity (Wildman–Crippen MR) is 95.4 cm³/mol. The zero-order chi connectivity index (χ0) is 18.4. The average molecular weight is 345 g/mol. The first-order valence-electron chi connectivity index (χ1n) is 7.97. The molecule has 0 heterocycles. The lowest BCUT2D eigenvalue weighted by Crippen LogP contribution is -2.20. The van der Waals surface area contributed by atoms with E-state index in [1.807, 2.05) is 43.3 Å². The topological polar surface area (TPSA) is 70.8 Å². The molecule has 134 valence electrons. The van der Waals surface area contributed by atoms with Crippen molar-refractivity contribution in [2.45, 2.75) is 12.8 Å². The Balaban J connectivity index is 2.52. The number of hydrogen-bond donors (Lipinski definition) is 0. The van der Waals surface area contributed by atoms with Gasteiger partial charge in [0, 0.05) is 28.4 Å². The van der Waals surface area contributed by atoms with E-state index >= 15 is 0 Å². The Bertz CT molecular complexity index is 714. The van der Waals surface area contributed by atoms with Crippen molar-refractivity contribution in [1.82, 2.24) is 0 Å². The molecule has 6 nitrogen and oxygen atoms in total. The molecular formula is C19H23NO5. The maximum atomic E-state index is 11.1. The largest absolute Gasteiger partial charge is 0.497 e. The molecule has 0 unspecified atom stereocenters. The van der Waals surface area contributed by atoms with E-state index in [0.29, 0.717) is 11.5 Å². The fraction of sp³-hybridized carbons (Fsp3) is 0.368. The third-order valence-corrected chi connectivity index (χ3v) is 4.26. The fourth-order valence-corrected chi connectivity index (χ4v) is 3.04. The van der Waals surface area contributed by atoms with E-state index in [1.54, 1.807) is 27.4 Å². The lowest BCUT2D eigenvalue weighted by Gasteiger charge is -2.25. The normalized spacial score (nSPS) is 13.0. The Morgan fingerprint density at radius 1 is 0.960 bits per heavy atom. The molecule has 0 saturated carbocycles. The molecule has 0 amide bonds. The average Bonchev–Trinajstić information content (AvgIpc) is 2.62. The molecule has 0 N–H and O–H groups in total. The van der Waals surface area contributed by atoms with Gasteiger partial charge in [-0.1, -0.05) is 25.1 Å². The van der Waals surface area contributed by atoms with Crippen molar-refractivity contribution in [2.75, 3.05) is 27.9 Å². The molecule has 0 radical (unpaired) electrons. The molecule has 2 atom stereocenters. The van der Waals surface area contributed by atoms with Crippen LogP contribution in [-0.4, -0.2) is 32.8 Å². The summed E-state index contributed by atoms with van der Waals surface area (Å²) in [4.78, 5) is 10.8. The van der Waals surface area contributed by atoms with Gasteiger partial charge in [-0.25, -0.2) is 0 Å². The van der Waals surface area contributed by atoms with E-state index in [9.17, 15) is 10.1 Å². The minimum Gasteiger partial charge on any atom is -0.497 e. The highest BCUT2D eigenvalue weighted by atomic mass is 16.6. The van der Waals surface area contributed by atoms with Gasteiger partial charge in [-0.3, -0.25) is 10.1 Å². The second kappa shape index (κ2) is 8.37. The fourth-order valence-electron chi connectivity index (χ4n) is 3.04. The second-order valence-electron chi connectivity index (χ2n) is 5.85. The maximum Gasteiger partial charge on any atom is 0.207 e. The maximum absolute atomic E-state index is 11.1. The van der Waals surface area contributed by atoms with E-state index < -0.39 is 0 Å². The number of rotatable bonds is 8. The summed E-state index contributed by atoms with van der Waals surface area (Å²) in [5.41, 5.74) is 1.86. The first kappa shape index (κ1) is 18.6. The Labute approximate surface area is 147 Å². The number of nitrogens with zero attached hydrogens (tertiary/aromatic N) is 1.